The molecule has 0 bridgehead atoms. The fourth-order valence-corrected chi connectivity index (χ4v) is 2.55. The van der Waals surface area contributed by atoms with Crippen molar-refractivity contribution < 1.29 is 18.0 Å². The summed E-state index contributed by atoms with van der Waals surface area (Å²) in [4.78, 5) is 12.9. The number of fused-ring (bicyclic) bond motifs is 1. The summed E-state index contributed by atoms with van der Waals surface area (Å²) in [6.07, 6.45) is 0.0837. The van der Waals surface area contributed by atoms with Crippen LogP contribution < -0.4 is 0 Å². The zero-order chi connectivity index (χ0) is 16.6. The molecule has 8 heteroatoms. The fraction of sp³-hybridized carbons (Fsp3) is 0.267. The molecule has 0 fully saturated rings. The maximum absolute atomic E-state index is 13.7. The SMILES string of the molecule is C=C(F)C(=O)N1CCn2c(Cc3cccc(F)c3F)nnc2C1. The predicted octanol–water partition coefficient (Wildman–Crippen LogP) is 1.97. The first kappa shape index (κ1) is 15.3. The van der Waals surface area contributed by atoms with Crippen LogP contribution in [0.25, 0.3) is 0 Å². The van der Waals surface area contributed by atoms with Crippen molar-refractivity contribution in [3.63, 3.8) is 0 Å². The molecule has 1 aromatic carbocycles. The van der Waals surface area contributed by atoms with Crippen molar-refractivity contribution in [3.05, 3.63) is 59.5 Å². The Morgan fingerprint density at radius 2 is 2.04 bits per heavy atom. The lowest BCUT2D eigenvalue weighted by Crippen LogP contribution is -2.38. The van der Waals surface area contributed by atoms with E-state index in [1.807, 2.05) is 0 Å². The van der Waals surface area contributed by atoms with Crippen molar-refractivity contribution in [2.24, 2.45) is 0 Å². The van der Waals surface area contributed by atoms with E-state index in [0.717, 1.165) is 6.07 Å². The van der Waals surface area contributed by atoms with Crippen LogP contribution in [0.4, 0.5) is 13.2 Å². The molecule has 0 unspecified atom stereocenters. The average molecular weight is 322 g/mol. The quantitative estimate of drug-likeness (QED) is 0.812. The first-order valence-corrected chi connectivity index (χ1v) is 6.95. The molecule has 0 atom stereocenters. The van der Waals surface area contributed by atoms with Gasteiger partial charge in [-0.2, -0.15) is 0 Å². The zero-order valence-corrected chi connectivity index (χ0v) is 12.1. The molecule has 0 saturated heterocycles. The Kier molecular flexibility index (Phi) is 3.89. The largest absolute Gasteiger partial charge is 0.327 e. The second-order valence-corrected chi connectivity index (χ2v) is 5.21. The first-order chi connectivity index (χ1) is 11.0. The van der Waals surface area contributed by atoms with Crippen LogP contribution in [0.15, 0.2) is 30.6 Å². The highest BCUT2D eigenvalue weighted by Crippen LogP contribution is 2.19. The number of benzene rings is 1. The molecular formula is C15H13F3N4O. The average Bonchev–Trinajstić information content (AvgIpc) is 2.93. The van der Waals surface area contributed by atoms with Gasteiger partial charge in [0.25, 0.3) is 5.91 Å². The Morgan fingerprint density at radius 3 is 2.78 bits per heavy atom. The minimum absolute atomic E-state index is 0.0837. The van der Waals surface area contributed by atoms with Crippen LogP contribution in [0.5, 0.6) is 0 Å². The smallest absolute Gasteiger partial charge is 0.282 e. The number of nitrogens with zero attached hydrogens (tertiary/aromatic N) is 4. The van der Waals surface area contributed by atoms with Crippen LogP contribution in [-0.2, 0) is 24.3 Å². The first-order valence-electron chi connectivity index (χ1n) is 6.95. The van der Waals surface area contributed by atoms with Gasteiger partial charge in [-0.05, 0) is 11.6 Å². The molecule has 1 amide bonds. The number of carbonyl (C=O) groups is 1. The highest BCUT2D eigenvalue weighted by molar-refractivity contribution is 5.90. The van der Waals surface area contributed by atoms with Crippen LogP contribution in [0.2, 0.25) is 0 Å². The molecule has 0 saturated carbocycles. The summed E-state index contributed by atoms with van der Waals surface area (Å²) in [6.45, 7) is 3.71. The van der Waals surface area contributed by atoms with Gasteiger partial charge in [0.15, 0.2) is 23.3 Å². The van der Waals surface area contributed by atoms with Crippen molar-refractivity contribution in [2.75, 3.05) is 6.54 Å². The van der Waals surface area contributed by atoms with E-state index < -0.39 is 23.4 Å². The number of rotatable bonds is 3. The standard InChI is InChI=1S/C15H13F3N4O/c1-9(16)15(23)21-5-6-22-12(19-20-13(22)8-21)7-10-3-2-4-11(17)14(10)18/h2-4H,1,5-8H2. The molecule has 5 nitrogen and oxygen atoms in total. The Balaban J connectivity index is 1.82. The molecule has 2 heterocycles. The van der Waals surface area contributed by atoms with Gasteiger partial charge in [0, 0.05) is 19.5 Å². The Morgan fingerprint density at radius 1 is 1.26 bits per heavy atom. The van der Waals surface area contributed by atoms with E-state index >= 15 is 0 Å². The lowest BCUT2D eigenvalue weighted by molar-refractivity contribution is -0.130. The third-order valence-corrected chi connectivity index (χ3v) is 3.73. The van der Waals surface area contributed by atoms with Crippen LogP contribution >= 0.6 is 0 Å². The summed E-state index contributed by atoms with van der Waals surface area (Å²) in [7, 11) is 0. The van der Waals surface area contributed by atoms with Gasteiger partial charge in [0.05, 0.1) is 6.54 Å². The summed E-state index contributed by atoms with van der Waals surface area (Å²) in [6, 6.07) is 3.95. The fourth-order valence-electron chi connectivity index (χ4n) is 2.55. The highest BCUT2D eigenvalue weighted by Gasteiger charge is 2.26. The third kappa shape index (κ3) is 2.84. The van der Waals surface area contributed by atoms with Crippen molar-refractivity contribution in [1.82, 2.24) is 19.7 Å². The molecule has 0 radical (unpaired) electrons. The van der Waals surface area contributed by atoms with E-state index in [1.165, 1.54) is 17.0 Å². The molecule has 3 rings (SSSR count). The van der Waals surface area contributed by atoms with E-state index in [-0.39, 0.29) is 25.1 Å². The van der Waals surface area contributed by atoms with Gasteiger partial charge in [-0.3, -0.25) is 4.79 Å². The molecule has 1 aromatic heterocycles. The number of aromatic nitrogens is 3. The van der Waals surface area contributed by atoms with E-state index in [1.54, 1.807) is 4.57 Å². The molecule has 1 aliphatic rings. The van der Waals surface area contributed by atoms with Crippen LogP contribution in [0.3, 0.4) is 0 Å². The van der Waals surface area contributed by atoms with Gasteiger partial charge < -0.3 is 9.47 Å². The summed E-state index contributed by atoms with van der Waals surface area (Å²) >= 11 is 0. The zero-order valence-electron chi connectivity index (χ0n) is 12.1. The van der Waals surface area contributed by atoms with Gasteiger partial charge in [0.1, 0.15) is 5.82 Å². The van der Waals surface area contributed by atoms with Crippen LogP contribution in [0, 0.1) is 11.6 Å². The number of amides is 1. The molecule has 0 aliphatic carbocycles. The minimum atomic E-state index is -1.03. The normalized spacial score (nSPS) is 13.8. The number of hydrogen-bond acceptors (Lipinski definition) is 3. The minimum Gasteiger partial charge on any atom is -0.327 e. The maximum atomic E-state index is 13.7. The van der Waals surface area contributed by atoms with E-state index in [4.69, 9.17) is 0 Å². The third-order valence-electron chi connectivity index (χ3n) is 3.73. The number of carbonyl (C=O) groups excluding carboxylic acids is 1. The Hall–Kier alpha value is -2.64. The van der Waals surface area contributed by atoms with E-state index in [2.05, 4.69) is 16.8 Å². The van der Waals surface area contributed by atoms with Crippen molar-refractivity contribution in [3.8, 4) is 0 Å². The molecule has 2 aromatic rings. The maximum Gasteiger partial charge on any atom is 0.282 e. The van der Waals surface area contributed by atoms with E-state index in [9.17, 15) is 18.0 Å². The van der Waals surface area contributed by atoms with Crippen LogP contribution in [-0.4, -0.2) is 32.1 Å². The second-order valence-electron chi connectivity index (χ2n) is 5.21. The highest BCUT2D eigenvalue weighted by atomic mass is 19.2. The Bertz CT molecular complexity index is 787. The van der Waals surface area contributed by atoms with Gasteiger partial charge >= 0.3 is 0 Å². The molecule has 1 aliphatic heterocycles. The van der Waals surface area contributed by atoms with Crippen molar-refractivity contribution in [2.45, 2.75) is 19.5 Å². The van der Waals surface area contributed by atoms with Gasteiger partial charge in [-0.1, -0.05) is 18.7 Å². The monoisotopic (exact) mass is 322 g/mol. The topological polar surface area (TPSA) is 51.0 Å². The summed E-state index contributed by atoms with van der Waals surface area (Å²) in [5, 5.41) is 7.92. The molecule has 0 spiro atoms. The molecule has 0 N–H and O–H groups in total. The Labute approximate surface area is 130 Å². The lowest BCUT2D eigenvalue weighted by atomic mass is 10.1. The summed E-state index contributed by atoms with van der Waals surface area (Å²) in [5.41, 5.74) is 0.177. The van der Waals surface area contributed by atoms with Gasteiger partial charge in [-0.25, -0.2) is 13.2 Å². The van der Waals surface area contributed by atoms with Gasteiger partial charge in [-0.15, -0.1) is 10.2 Å². The van der Waals surface area contributed by atoms with Crippen molar-refractivity contribution >= 4 is 5.91 Å². The lowest BCUT2D eigenvalue weighted by Gasteiger charge is -2.27. The predicted molar refractivity (Wildman–Crippen MR) is 74.9 cm³/mol. The molecule has 120 valence electrons. The summed E-state index contributed by atoms with van der Waals surface area (Å²) in [5.74, 6) is -2.70. The van der Waals surface area contributed by atoms with Gasteiger partial charge in [0.2, 0.25) is 0 Å². The molecular weight excluding hydrogens is 309 g/mol. The van der Waals surface area contributed by atoms with Crippen LogP contribution in [0.1, 0.15) is 17.2 Å². The van der Waals surface area contributed by atoms with E-state index in [0.29, 0.717) is 18.2 Å². The van der Waals surface area contributed by atoms with Crippen molar-refractivity contribution in [1.29, 1.82) is 0 Å². The molecule has 23 heavy (non-hydrogen) atoms. The number of hydrogen-bond donors (Lipinski definition) is 0. The summed E-state index contributed by atoms with van der Waals surface area (Å²) < 4.78 is 41.7. The number of halogens is 3. The second kappa shape index (κ2) is 5.86.